The second-order valence-corrected chi connectivity index (χ2v) is 8.10. The van der Waals surface area contributed by atoms with E-state index in [-0.39, 0.29) is 18.1 Å². The maximum atomic E-state index is 13.3. The number of carbonyl (C=O) groups excluding carboxylic acids is 1. The molecule has 1 aliphatic carbocycles. The van der Waals surface area contributed by atoms with E-state index in [9.17, 15) is 14.3 Å². The van der Waals surface area contributed by atoms with Crippen LogP contribution >= 0.6 is 0 Å². The summed E-state index contributed by atoms with van der Waals surface area (Å²) in [6.07, 6.45) is 4.47. The quantitative estimate of drug-likeness (QED) is 0.615. The predicted octanol–water partition coefficient (Wildman–Crippen LogP) is 5.60. The molecule has 0 aliphatic heterocycles. The molecule has 0 spiro atoms. The normalized spacial score (nSPS) is 15.9. The molecule has 1 amide bonds. The molecular formula is C25H26FNO2. The summed E-state index contributed by atoms with van der Waals surface area (Å²) in [5.74, 6) is -0.400. The summed E-state index contributed by atoms with van der Waals surface area (Å²) in [6, 6.07) is 20.2. The lowest BCUT2D eigenvalue weighted by molar-refractivity contribution is -0.125. The number of nitrogens with zero attached hydrogens (tertiary/aromatic N) is 1. The highest BCUT2D eigenvalue weighted by atomic mass is 19.1. The largest absolute Gasteiger partial charge is 0.389 e. The van der Waals surface area contributed by atoms with Gasteiger partial charge in [0.2, 0.25) is 5.91 Å². The lowest BCUT2D eigenvalue weighted by Crippen LogP contribution is -2.40. The summed E-state index contributed by atoms with van der Waals surface area (Å²) < 4.78 is 13.3. The number of carbonyl (C=O) groups is 1. The van der Waals surface area contributed by atoms with Gasteiger partial charge in [-0.25, -0.2) is 4.39 Å². The Balaban J connectivity index is 1.65. The van der Waals surface area contributed by atoms with Crippen LogP contribution in [-0.2, 0) is 11.3 Å². The minimum absolute atomic E-state index is 0.103. The van der Waals surface area contributed by atoms with Crippen molar-refractivity contribution in [1.82, 2.24) is 0 Å². The molecule has 1 N–H and O–H groups in total. The number of hydrogen-bond acceptors (Lipinski definition) is 2. The molecule has 3 aromatic carbocycles. The zero-order valence-corrected chi connectivity index (χ0v) is 16.5. The van der Waals surface area contributed by atoms with Crippen LogP contribution in [0.3, 0.4) is 0 Å². The van der Waals surface area contributed by atoms with Gasteiger partial charge >= 0.3 is 0 Å². The van der Waals surface area contributed by atoms with E-state index in [1.54, 1.807) is 17.0 Å². The van der Waals surface area contributed by atoms with Gasteiger partial charge in [-0.1, -0.05) is 61.7 Å². The molecular weight excluding hydrogens is 365 g/mol. The highest BCUT2D eigenvalue weighted by molar-refractivity contribution is 5.96. The van der Waals surface area contributed by atoms with Crippen LogP contribution in [0.5, 0.6) is 0 Å². The molecule has 0 atom stereocenters. The molecule has 0 unspecified atom stereocenters. The third kappa shape index (κ3) is 4.65. The first-order chi connectivity index (χ1) is 14.0. The molecule has 0 bridgehead atoms. The number of aliphatic hydroxyl groups is 1. The Morgan fingerprint density at radius 1 is 0.931 bits per heavy atom. The van der Waals surface area contributed by atoms with Crippen molar-refractivity contribution < 1.29 is 14.3 Å². The van der Waals surface area contributed by atoms with E-state index in [1.807, 2.05) is 42.5 Å². The molecule has 0 radical (unpaired) electrons. The molecule has 150 valence electrons. The number of halogens is 1. The van der Waals surface area contributed by atoms with Gasteiger partial charge in [0.25, 0.3) is 0 Å². The number of benzene rings is 3. The average molecular weight is 391 g/mol. The monoisotopic (exact) mass is 391 g/mol. The minimum Gasteiger partial charge on any atom is -0.389 e. The fourth-order valence-corrected chi connectivity index (χ4v) is 4.20. The Labute approximate surface area is 170 Å². The van der Waals surface area contributed by atoms with Crippen molar-refractivity contribution in [3.8, 4) is 0 Å². The van der Waals surface area contributed by atoms with Crippen molar-refractivity contribution in [3.05, 3.63) is 78.1 Å². The van der Waals surface area contributed by atoms with Gasteiger partial charge in [0, 0.05) is 5.69 Å². The Bertz CT molecular complexity index is 993. The summed E-state index contributed by atoms with van der Waals surface area (Å²) >= 11 is 0. The van der Waals surface area contributed by atoms with Gasteiger partial charge in [0.1, 0.15) is 5.82 Å². The third-order valence-electron chi connectivity index (χ3n) is 5.86. The Hall–Kier alpha value is -2.72. The van der Waals surface area contributed by atoms with E-state index in [0.29, 0.717) is 19.4 Å². The van der Waals surface area contributed by atoms with Crippen LogP contribution < -0.4 is 4.90 Å². The third-order valence-corrected chi connectivity index (χ3v) is 5.86. The van der Waals surface area contributed by atoms with Crippen LogP contribution in [-0.4, -0.2) is 16.6 Å². The van der Waals surface area contributed by atoms with Crippen LogP contribution in [0.2, 0.25) is 0 Å². The van der Waals surface area contributed by atoms with Crippen molar-refractivity contribution in [2.75, 3.05) is 4.90 Å². The van der Waals surface area contributed by atoms with E-state index < -0.39 is 5.60 Å². The second kappa shape index (κ2) is 8.34. The molecule has 1 aliphatic rings. The molecule has 1 saturated carbocycles. The highest BCUT2D eigenvalue weighted by Crippen LogP contribution is 2.33. The molecule has 0 aromatic heterocycles. The summed E-state index contributed by atoms with van der Waals surface area (Å²) in [7, 11) is 0. The van der Waals surface area contributed by atoms with Gasteiger partial charge in [-0.05, 0) is 53.4 Å². The number of rotatable bonds is 5. The van der Waals surface area contributed by atoms with E-state index in [4.69, 9.17) is 0 Å². The SMILES string of the molecule is O=C(CC1(O)CCCCC1)N(Cc1ccc(F)cc1)c1ccc2ccccc2c1. The first-order valence-corrected chi connectivity index (χ1v) is 10.3. The van der Waals surface area contributed by atoms with Crippen molar-refractivity contribution in [2.45, 2.75) is 50.7 Å². The summed E-state index contributed by atoms with van der Waals surface area (Å²) in [6.45, 7) is 0.341. The topological polar surface area (TPSA) is 40.5 Å². The smallest absolute Gasteiger partial charge is 0.230 e. The fraction of sp³-hybridized carbons (Fsp3) is 0.320. The van der Waals surface area contributed by atoms with Gasteiger partial charge in [-0.15, -0.1) is 0 Å². The minimum atomic E-state index is -0.923. The van der Waals surface area contributed by atoms with Crippen molar-refractivity contribution in [3.63, 3.8) is 0 Å². The van der Waals surface area contributed by atoms with Crippen LogP contribution in [0.25, 0.3) is 10.8 Å². The summed E-state index contributed by atoms with van der Waals surface area (Å²) in [4.78, 5) is 15.0. The highest BCUT2D eigenvalue weighted by Gasteiger charge is 2.33. The fourth-order valence-electron chi connectivity index (χ4n) is 4.20. The second-order valence-electron chi connectivity index (χ2n) is 8.10. The predicted molar refractivity (Wildman–Crippen MR) is 114 cm³/mol. The van der Waals surface area contributed by atoms with Crippen molar-refractivity contribution in [1.29, 1.82) is 0 Å². The molecule has 1 fully saturated rings. The van der Waals surface area contributed by atoms with Crippen LogP contribution in [0, 0.1) is 5.82 Å². The molecule has 4 heteroatoms. The Morgan fingerprint density at radius 2 is 1.62 bits per heavy atom. The molecule has 0 heterocycles. The first kappa shape index (κ1) is 19.6. The van der Waals surface area contributed by atoms with E-state index in [0.717, 1.165) is 41.3 Å². The van der Waals surface area contributed by atoms with Crippen molar-refractivity contribution in [2.24, 2.45) is 0 Å². The number of amides is 1. The lowest BCUT2D eigenvalue weighted by Gasteiger charge is -2.34. The van der Waals surface area contributed by atoms with Crippen LogP contribution in [0.1, 0.15) is 44.1 Å². The Morgan fingerprint density at radius 3 is 2.34 bits per heavy atom. The Kier molecular flexibility index (Phi) is 5.63. The summed E-state index contributed by atoms with van der Waals surface area (Å²) in [5, 5.41) is 13.1. The molecule has 3 aromatic rings. The van der Waals surface area contributed by atoms with Gasteiger partial charge < -0.3 is 10.0 Å². The number of anilines is 1. The van der Waals surface area contributed by atoms with Gasteiger partial charge in [0.15, 0.2) is 0 Å². The lowest BCUT2D eigenvalue weighted by atomic mass is 9.82. The number of fused-ring (bicyclic) bond motifs is 1. The van der Waals surface area contributed by atoms with Crippen LogP contribution in [0.4, 0.5) is 10.1 Å². The van der Waals surface area contributed by atoms with Crippen LogP contribution in [0.15, 0.2) is 66.7 Å². The number of hydrogen-bond donors (Lipinski definition) is 1. The maximum Gasteiger partial charge on any atom is 0.230 e. The van der Waals surface area contributed by atoms with Gasteiger partial charge in [-0.3, -0.25) is 4.79 Å². The van der Waals surface area contributed by atoms with Gasteiger partial charge in [-0.2, -0.15) is 0 Å². The zero-order valence-electron chi connectivity index (χ0n) is 16.5. The molecule has 3 nitrogen and oxygen atoms in total. The molecule has 29 heavy (non-hydrogen) atoms. The average Bonchev–Trinajstić information content (AvgIpc) is 2.73. The molecule has 4 rings (SSSR count). The van der Waals surface area contributed by atoms with E-state index >= 15 is 0 Å². The van der Waals surface area contributed by atoms with E-state index in [1.165, 1.54) is 12.1 Å². The van der Waals surface area contributed by atoms with Gasteiger partial charge in [0.05, 0.1) is 18.6 Å². The van der Waals surface area contributed by atoms with Crippen molar-refractivity contribution >= 4 is 22.4 Å². The standard InChI is InChI=1S/C25H26FNO2/c26-22-11-8-19(9-12-22)18-27(24(28)17-25(29)14-4-1-5-15-25)23-13-10-20-6-2-3-7-21(20)16-23/h2-3,6-13,16,29H,1,4-5,14-15,17-18H2. The first-order valence-electron chi connectivity index (χ1n) is 10.3. The summed E-state index contributed by atoms with van der Waals surface area (Å²) in [5.41, 5.74) is 0.716. The molecule has 0 saturated heterocycles. The zero-order chi connectivity index (χ0) is 20.3. The van der Waals surface area contributed by atoms with E-state index in [2.05, 4.69) is 0 Å². The maximum absolute atomic E-state index is 13.3.